The van der Waals surface area contributed by atoms with Crippen molar-refractivity contribution in [3.8, 4) is 28.1 Å². The van der Waals surface area contributed by atoms with Crippen molar-refractivity contribution < 1.29 is 22.7 Å². The van der Waals surface area contributed by atoms with Gasteiger partial charge >= 0.3 is 6.18 Å². The number of nitrogens with two attached hydrogens (primary N) is 1. The maximum atomic E-state index is 13.5. The number of carbonyl (C=O) groups is 1. The van der Waals surface area contributed by atoms with Crippen LogP contribution < -0.4 is 10.5 Å². The molecule has 0 radical (unpaired) electrons. The van der Waals surface area contributed by atoms with Crippen molar-refractivity contribution in [2.45, 2.75) is 6.18 Å². The van der Waals surface area contributed by atoms with E-state index in [0.29, 0.717) is 22.7 Å². The van der Waals surface area contributed by atoms with Gasteiger partial charge in [0.25, 0.3) is 0 Å². The standard InChI is InChI=1S/C23H17F3N4O2/c1-32-21-5-3-14(10-28-21)19-12-30-22-18(19)9-16(11-29-22)15-6-13(2-4-20(27)31)7-17(8-15)23(24,25)26/h2-12H,1H3,(H2,27,31)(H,29,30)/b4-2+. The van der Waals surface area contributed by atoms with E-state index in [9.17, 15) is 18.0 Å². The van der Waals surface area contributed by atoms with Gasteiger partial charge in [0.15, 0.2) is 0 Å². The van der Waals surface area contributed by atoms with E-state index in [-0.39, 0.29) is 5.56 Å². The Hall–Kier alpha value is -4.14. The van der Waals surface area contributed by atoms with Crippen LogP contribution in [0.2, 0.25) is 0 Å². The predicted molar refractivity (Wildman–Crippen MR) is 115 cm³/mol. The molecule has 3 aromatic heterocycles. The molecule has 0 aliphatic rings. The number of primary amides is 1. The number of halogens is 3. The molecular formula is C23H17F3N4O2. The van der Waals surface area contributed by atoms with Crippen LogP contribution in [-0.4, -0.2) is 28.0 Å². The SMILES string of the molecule is COc1ccc(-c2c[nH]c3ncc(-c4cc(/C=C/C(N)=O)cc(C(F)(F)F)c4)cc23)cn1. The van der Waals surface area contributed by atoms with E-state index < -0.39 is 17.6 Å². The van der Waals surface area contributed by atoms with Gasteiger partial charge in [0.05, 0.1) is 12.7 Å². The predicted octanol–water partition coefficient (Wildman–Crippen LogP) is 4.82. The molecule has 162 valence electrons. The minimum absolute atomic E-state index is 0.197. The number of ether oxygens (including phenoxy) is 1. The first-order chi connectivity index (χ1) is 15.2. The lowest BCUT2D eigenvalue weighted by Crippen LogP contribution is -2.06. The minimum Gasteiger partial charge on any atom is -0.481 e. The molecule has 3 N–H and O–H groups in total. The lowest BCUT2D eigenvalue weighted by molar-refractivity contribution is -0.137. The second-order valence-corrected chi connectivity index (χ2v) is 6.99. The van der Waals surface area contributed by atoms with Crippen LogP contribution in [0.5, 0.6) is 5.88 Å². The van der Waals surface area contributed by atoms with Crippen LogP contribution in [0.15, 0.2) is 61.1 Å². The van der Waals surface area contributed by atoms with Gasteiger partial charge in [-0.25, -0.2) is 9.97 Å². The molecule has 9 heteroatoms. The summed E-state index contributed by atoms with van der Waals surface area (Å²) in [4.78, 5) is 22.6. The molecular weight excluding hydrogens is 421 g/mol. The zero-order valence-corrected chi connectivity index (χ0v) is 16.8. The lowest BCUT2D eigenvalue weighted by atomic mass is 9.98. The van der Waals surface area contributed by atoms with Crippen molar-refractivity contribution in [1.82, 2.24) is 15.0 Å². The summed E-state index contributed by atoms with van der Waals surface area (Å²) in [6.45, 7) is 0. The highest BCUT2D eigenvalue weighted by Gasteiger charge is 2.31. The van der Waals surface area contributed by atoms with Gasteiger partial charge in [-0.15, -0.1) is 0 Å². The number of methoxy groups -OCH3 is 1. The van der Waals surface area contributed by atoms with E-state index in [2.05, 4.69) is 15.0 Å². The van der Waals surface area contributed by atoms with Gasteiger partial charge in [0, 0.05) is 52.8 Å². The second-order valence-electron chi connectivity index (χ2n) is 6.99. The Morgan fingerprint density at radius 1 is 1.06 bits per heavy atom. The highest BCUT2D eigenvalue weighted by atomic mass is 19.4. The number of pyridine rings is 2. The fourth-order valence-electron chi connectivity index (χ4n) is 3.32. The summed E-state index contributed by atoms with van der Waals surface area (Å²) in [5.74, 6) is -0.287. The summed E-state index contributed by atoms with van der Waals surface area (Å²) in [7, 11) is 1.52. The number of H-pyrrole nitrogens is 1. The lowest BCUT2D eigenvalue weighted by Gasteiger charge is -2.11. The van der Waals surface area contributed by atoms with Crippen LogP contribution in [0.25, 0.3) is 39.4 Å². The van der Waals surface area contributed by atoms with Gasteiger partial charge in [0.1, 0.15) is 5.65 Å². The molecule has 0 saturated heterocycles. The average molecular weight is 438 g/mol. The molecule has 6 nitrogen and oxygen atoms in total. The average Bonchev–Trinajstić information content (AvgIpc) is 3.20. The first-order valence-corrected chi connectivity index (χ1v) is 9.42. The summed E-state index contributed by atoms with van der Waals surface area (Å²) >= 11 is 0. The normalized spacial score (nSPS) is 11.9. The number of benzene rings is 1. The number of rotatable bonds is 5. The van der Waals surface area contributed by atoms with Crippen LogP contribution in [0.1, 0.15) is 11.1 Å². The molecule has 0 atom stereocenters. The number of carbonyl (C=O) groups excluding carboxylic acids is 1. The maximum Gasteiger partial charge on any atom is 0.416 e. The van der Waals surface area contributed by atoms with E-state index in [1.807, 2.05) is 6.07 Å². The summed E-state index contributed by atoms with van der Waals surface area (Å²) < 4.78 is 45.5. The Morgan fingerprint density at radius 3 is 2.50 bits per heavy atom. The first kappa shape index (κ1) is 21.1. The quantitative estimate of drug-likeness (QED) is 0.437. The number of fused-ring (bicyclic) bond motifs is 1. The van der Waals surface area contributed by atoms with E-state index in [4.69, 9.17) is 10.5 Å². The highest BCUT2D eigenvalue weighted by molar-refractivity contribution is 5.96. The molecule has 0 spiro atoms. The molecule has 0 fully saturated rings. The third kappa shape index (κ3) is 4.31. The molecule has 1 amide bonds. The summed E-state index contributed by atoms with van der Waals surface area (Å²) in [6, 6.07) is 8.85. The molecule has 0 aliphatic heterocycles. The van der Waals surface area contributed by atoms with Gasteiger partial charge in [-0.05, 0) is 47.5 Å². The number of hydrogen-bond donors (Lipinski definition) is 2. The van der Waals surface area contributed by atoms with Crippen molar-refractivity contribution in [2.75, 3.05) is 7.11 Å². The Morgan fingerprint density at radius 2 is 1.84 bits per heavy atom. The second kappa shape index (κ2) is 8.18. The molecule has 0 unspecified atom stereocenters. The largest absolute Gasteiger partial charge is 0.481 e. The molecule has 4 aromatic rings. The van der Waals surface area contributed by atoms with Gasteiger partial charge in [-0.2, -0.15) is 13.2 Å². The smallest absolute Gasteiger partial charge is 0.416 e. The third-order valence-electron chi connectivity index (χ3n) is 4.84. The number of aromatic nitrogens is 3. The van der Waals surface area contributed by atoms with Gasteiger partial charge in [0.2, 0.25) is 11.8 Å². The van der Waals surface area contributed by atoms with Gasteiger partial charge in [-0.1, -0.05) is 0 Å². The van der Waals surface area contributed by atoms with E-state index in [1.165, 1.54) is 19.4 Å². The molecule has 32 heavy (non-hydrogen) atoms. The van der Waals surface area contributed by atoms with E-state index in [0.717, 1.165) is 34.7 Å². The van der Waals surface area contributed by atoms with E-state index >= 15 is 0 Å². The number of aromatic amines is 1. The molecule has 1 aromatic carbocycles. The van der Waals surface area contributed by atoms with Crippen molar-refractivity contribution >= 4 is 23.0 Å². The summed E-state index contributed by atoms with van der Waals surface area (Å²) in [5, 5.41) is 0.723. The maximum absolute atomic E-state index is 13.5. The molecule has 0 bridgehead atoms. The fourth-order valence-corrected chi connectivity index (χ4v) is 3.32. The monoisotopic (exact) mass is 438 g/mol. The number of alkyl halides is 3. The Balaban J connectivity index is 1.83. The zero-order valence-electron chi connectivity index (χ0n) is 16.8. The van der Waals surface area contributed by atoms with E-state index in [1.54, 1.807) is 30.6 Å². The number of hydrogen-bond acceptors (Lipinski definition) is 4. The molecule has 0 saturated carbocycles. The van der Waals surface area contributed by atoms with Crippen LogP contribution in [0.3, 0.4) is 0 Å². The molecule has 0 aliphatic carbocycles. The van der Waals surface area contributed by atoms with Gasteiger partial charge < -0.3 is 15.5 Å². The summed E-state index contributed by atoms with van der Waals surface area (Å²) in [5.41, 5.74) is 7.40. The van der Waals surface area contributed by atoms with Crippen molar-refractivity contribution in [3.05, 3.63) is 72.2 Å². The third-order valence-corrected chi connectivity index (χ3v) is 4.84. The van der Waals surface area contributed by atoms with Crippen molar-refractivity contribution in [3.63, 3.8) is 0 Å². The minimum atomic E-state index is -4.56. The summed E-state index contributed by atoms with van der Waals surface area (Å²) in [6.07, 6.45) is 2.60. The number of amides is 1. The fraction of sp³-hybridized carbons (Fsp3) is 0.0870. The topological polar surface area (TPSA) is 93.9 Å². The van der Waals surface area contributed by atoms with Crippen LogP contribution in [0, 0.1) is 0 Å². The highest BCUT2D eigenvalue weighted by Crippen LogP contribution is 2.36. The number of nitrogens with zero attached hydrogens (tertiary/aromatic N) is 2. The first-order valence-electron chi connectivity index (χ1n) is 9.42. The van der Waals surface area contributed by atoms with Crippen LogP contribution in [0.4, 0.5) is 13.2 Å². The Bertz CT molecular complexity index is 1330. The molecule has 3 heterocycles. The van der Waals surface area contributed by atoms with Crippen molar-refractivity contribution in [1.29, 1.82) is 0 Å². The zero-order chi connectivity index (χ0) is 22.9. The van der Waals surface area contributed by atoms with Gasteiger partial charge in [-0.3, -0.25) is 4.79 Å². The number of nitrogens with one attached hydrogen (secondary N) is 1. The van der Waals surface area contributed by atoms with Crippen molar-refractivity contribution in [2.24, 2.45) is 5.73 Å². The Labute approximate surface area is 180 Å². The Kier molecular flexibility index (Phi) is 5.40. The molecule has 4 rings (SSSR count). The van der Waals surface area contributed by atoms with Crippen LogP contribution >= 0.6 is 0 Å². The van der Waals surface area contributed by atoms with Crippen LogP contribution in [-0.2, 0) is 11.0 Å².